The molecule has 0 bridgehead atoms. The third-order valence-electron chi connectivity index (χ3n) is 3.68. The molecule has 124 valence electrons. The fourth-order valence-corrected chi connectivity index (χ4v) is 4.71. The molecule has 2 saturated heterocycles. The van der Waals surface area contributed by atoms with E-state index in [1.807, 2.05) is 0 Å². The number of rotatable bonds is 1. The number of nitrogens with zero attached hydrogens (tertiary/aromatic N) is 4. The molecule has 0 amide bonds. The molecule has 2 aliphatic rings. The van der Waals surface area contributed by atoms with E-state index in [-0.39, 0.29) is 12.4 Å². The maximum absolute atomic E-state index is 11.8. The van der Waals surface area contributed by atoms with Crippen LogP contribution in [0.1, 0.15) is 6.23 Å². The molecule has 2 aromatic heterocycles. The minimum Gasteiger partial charge on any atom is -0.386 e. The van der Waals surface area contributed by atoms with Gasteiger partial charge in [-0.05, 0) is 15.9 Å². The largest absolute Gasteiger partial charge is 0.386 e. The highest BCUT2D eigenvalue weighted by atomic mass is 79.9. The second kappa shape index (κ2) is 5.38. The predicted octanol–water partition coefficient (Wildman–Crippen LogP) is 0.883. The maximum atomic E-state index is 11.8. The number of hydrogen-bond donors (Lipinski definition) is 3. The van der Waals surface area contributed by atoms with Crippen molar-refractivity contribution in [1.29, 1.82) is 0 Å². The van der Waals surface area contributed by atoms with Crippen molar-refractivity contribution in [1.82, 2.24) is 19.5 Å². The van der Waals surface area contributed by atoms with Gasteiger partial charge in [-0.1, -0.05) is 12.2 Å². The van der Waals surface area contributed by atoms with E-state index < -0.39 is 31.3 Å². The van der Waals surface area contributed by atoms with Gasteiger partial charge in [-0.25, -0.2) is 19.5 Å². The van der Waals surface area contributed by atoms with E-state index in [0.717, 1.165) is 0 Å². The van der Waals surface area contributed by atoms with Gasteiger partial charge in [0.15, 0.2) is 27.9 Å². The molecule has 0 spiro atoms. The van der Waals surface area contributed by atoms with Crippen LogP contribution in [-0.2, 0) is 18.3 Å². The molecule has 13 heteroatoms. The molecular formula is C10H11BrN5O5PS. The first kappa shape index (κ1) is 15.8. The molecular weight excluding hydrogens is 413 g/mol. The van der Waals surface area contributed by atoms with Gasteiger partial charge < -0.3 is 15.6 Å². The standard InChI is InChI=1S/C10H11BrN5O5PS/c11-10-15-4-7(12)13-2-14-8(4)16(10)9-5(17)6-3(20-9)1-19-22(18,23)21-6/h2-3,5-6,9,17H,1H2,(H,18,23)(H2,12,13,14)/t3?,5-,6-,9?,22?/m0/s1. The van der Waals surface area contributed by atoms with Crippen LogP contribution in [0.25, 0.3) is 11.2 Å². The van der Waals surface area contributed by atoms with Crippen LogP contribution in [-0.4, -0.2) is 49.5 Å². The second-order valence-electron chi connectivity index (χ2n) is 5.07. The zero-order valence-electron chi connectivity index (χ0n) is 11.3. The molecule has 3 unspecified atom stereocenters. The number of imidazole rings is 1. The summed E-state index contributed by atoms with van der Waals surface area (Å²) in [6, 6.07) is 0. The summed E-state index contributed by atoms with van der Waals surface area (Å²) in [4.78, 5) is 12.2. The van der Waals surface area contributed by atoms with Crippen LogP contribution in [0.4, 0.5) is 5.82 Å². The minimum atomic E-state index is -3.49. The number of aliphatic hydroxyl groups is 1. The summed E-state index contributed by atoms with van der Waals surface area (Å²) in [5.74, 6) is 0.207. The SMILES string of the molecule is Nc1ncnc2c1nc(Br)n2C1OC2COP(=O)(S)O[C@@H]2[C@@H]1O. The fourth-order valence-electron chi connectivity index (χ4n) is 2.67. The van der Waals surface area contributed by atoms with Crippen molar-refractivity contribution < 1.29 is 23.5 Å². The Labute approximate surface area is 143 Å². The zero-order chi connectivity index (χ0) is 16.4. The Morgan fingerprint density at radius 2 is 2.30 bits per heavy atom. The van der Waals surface area contributed by atoms with Crippen LogP contribution < -0.4 is 5.73 Å². The predicted molar refractivity (Wildman–Crippen MR) is 84.8 cm³/mol. The topological polar surface area (TPSA) is 135 Å². The Bertz CT molecular complexity index is 835. The average molecular weight is 424 g/mol. The lowest BCUT2D eigenvalue weighted by atomic mass is 10.1. The lowest BCUT2D eigenvalue weighted by molar-refractivity contribution is -0.0569. The van der Waals surface area contributed by atoms with Crippen molar-refractivity contribution in [2.75, 3.05) is 12.3 Å². The first-order valence-electron chi connectivity index (χ1n) is 6.50. The van der Waals surface area contributed by atoms with Crippen molar-refractivity contribution in [2.24, 2.45) is 0 Å². The highest BCUT2D eigenvalue weighted by molar-refractivity contribution is 9.10. The quantitative estimate of drug-likeness (QED) is 0.347. The van der Waals surface area contributed by atoms with Crippen molar-refractivity contribution >= 4 is 52.0 Å². The van der Waals surface area contributed by atoms with Gasteiger partial charge in [-0.2, -0.15) is 0 Å². The molecule has 5 atom stereocenters. The summed E-state index contributed by atoms with van der Waals surface area (Å²) in [7, 11) is 0. The van der Waals surface area contributed by atoms with Crippen molar-refractivity contribution in [2.45, 2.75) is 24.5 Å². The molecule has 23 heavy (non-hydrogen) atoms. The Balaban J connectivity index is 1.76. The van der Waals surface area contributed by atoms with Gasteiger partial charge in [0.25, 0.3) is 0 Å². The van der Waals surface area contributed by atoms with Crippen LogP contribution in [0.2, 0.25) is 0 Å². The summed E-state index contributed by atoms with van der Waals surface area (Å²) in [5.41, 5.74) is 6.55. The van der Waals surface area contributed by atoms with Gasteiger partial charge in [0.05, 0.1) is 6.61 Å². The van der Waals surface area contributed by atoms with Crippen LogP contribution in [0.15, 0.2) is 11.1 Å². The normalized spacial score (nSPS) is 37.2. The number of nitrogen functional groups attached to an aromatic ring is 1. The molecule has 2 aliphatic heterocycles. The summed E-state index contributed by atoms with van der Waals surface area (Å²) in [6.07, 6.45) is -2.12. The van der Waals surface area contributed by atoms with E-state index in [4.69, 9.17) is 19.5 Å². The van der Waals surface area contributed by atoms with E-state index in [0.29, 0.717) is 15.9 Å². The molecule has 10 nitrogen and oxygen atoms in total. The first-order valence-corrected chi connectivity index (χ1v) is 9.99. The Hall–Kier alpha value is -0.750. The number of aliphatic hydroxyl groups excluding tert-OH is 1. The summed E-state index contributed by atoms with van der Waals surface area (Å²) >= 11 is 7.12. The minimum absolute atomic E-state index is 0.000373. The molecule has 4 heterocycles. The number of nitrogens with two attached hydrogens (primary N) is 1. The van der Waals surface area contributed by atoms with Crippen LogP contribution in [0, 0.1) is 0 Å². The number of thiol groups is 1. The number of ether oxygens (including phenoxy) is 1. The molecule has 0 aliphatic carbocycles. The third-order valence-corrected chi connectivity index (χ3v) is 5.86. The lowest BCUT2D eigenvalue weighted by Gasteiger charge is -2.28. The van der Waals surface area contributed by atoms with Gasteiger partial charge in [0.1, 0.15) is 24.6 Å². The molecule has 2 fully saturated rings. The Morgan fingerprint density at radius 1 is 1.52 bits per heavy atom. The molecule has 0 aromatic carbocycles. The number of fused-ring (bicyclic) bond motifs is 2. The molecule has 0 radical (unpaired) electrons. The van der Waals surface area contributed by atoms with E-state index >= 15 is 0 Å². The van der Waals surface area contributed by atoms with E-state index in [1.165, 1.54) is 10.9 Å². The van der Waals surface area contributed by atoms with Crippen molar-refractivity contribution in [3.05, 3.63) is 11.1 Å². The number of anilines is 1. The number of halogens is 1. The second-order valence-corrected chi connectivity index (χ2v) is 8.66. The average Bonchev–Trinajstić information content (AvgIpc) is 2.97. The number of hydrogen-bond acceptors (Lipinski definition) is 9. The Kier molecular flexibility index (Phi) is 3.69. The van der Waals surface area contributed by atoms with Crippen LogP contribution in [0.3, 0.4) is 0 Å². The summed E-state index contributed by atoms with van der Waals surface area (Å²) in [5, 5.41) is 10.5. The van der Waals surface area contributed by atoms with Gasteiger partial charge in [-0.3, -0.25) is 13.6 Å². The molecule has 2 aromatic rings. The first-order chi connectivity index (χ1) is 10.9. The Morgan fingerprint density at radius 3 is 3.09 bits per heavy atom. The third kappa shape index (κ3) is 2.49. The highest BCUT2D eigenvalue weighted by Crippen LogP contribution is 2.59. The van der Waals surface area contributed by atoms with Gasteiger partial charge >= 0.3 is 6.80 Å². The van der Waals surface area contributed by atoms with Crippen molar-refractivity contribution in [3.8, 4) is 0 Å². The van der Waals surface area contributed by atoms with Crippen molar-refractivity contribution in [3.63, 3.8) is 0 Å². The van der Waals surface area contributed by atoms with Gasteiger partial charge in [0, 0.05) is 0 Å². The summed E-state index contributed by atoms with van der Waals surface area (Å²) < 4.78 is 29.7. The highest BCUT2D eigenvalue weighted by Gasteiger charge is 2.52. The smallest absolute Gasteiger partial charge is 0.386 e. The van der Waals surface area contributed by atoms with Gasteiger partial charge in [-0.15, -0.1) is 0 Å². The fraction of sp³-hybridized carbons (Fsp3) is 0.500. The molecule has 3 N–H and O–H groups in total. The molecule has 0 saturated carbocycles. The number of aromatic nitrogens is 4. The maximum Gasteiger partial charge on any atom is 0.386 e. The van der Waals surface area contributed by atoms with Crippen LogP contribution in [0.5, 0.6) is 0 Å². The van der Waals surface area contributed by atoms with E-state index in [9.17, 15) is 9.67 Å². The summed E-state index contributed by atoms with van der Waals surface area (Å²) in [6.45, 7) is -3.49. The van der Waals surface area contributed by atoms with E-state index in [1.54, 1.807) is 0 Å². The molecule has 4 rings (SSSR count). The van der Waals surface area contributed by atoms with Gasteiger partial charge in [0.2, 0.25) is 0 Å². The van der Waals surface area contributed by atoms with E-state index in [2.05, 4.69) is 43.1 Å². The van der Waals surface area contributed by atoms with Crippen LogP contribution >= 0.6 is 35.0 Å². The zero-order valence-corrected chi connectivity index (χ0v) is 14.7. The monoisotopic (exact) mass is 423 g/mol. The lowest BCUT2D eigenvalue weighted by Crippen LogP contribution is -2.38.